The highest BCUT2D eigenvalue weighted by Gasteiger charge is 2.05. The average Bonchev–Trinajstić information content (AvgIpc) is 2.51. The van der Waals surface area contributed by atoms with Crippen molar-refractivity contribution in [2.75, 3.05) is 13.2 Å². The molecule has 7 nitrogen and oxygen atoms in total. The van der Waals surface area contributed by atoms with Gasteiger partial charge in [0.05, 0.1) is 0 Å². The predicted molar refractivity (Wildman–Crippen MR) is 47.4 cm³/mol. The van der Waals surface area contributed by atoms with Crippen LogP contribution in [0.3, 0.4) is 0 Å². The van der Waals surface area contributed by atoms with Crippen molar-refractivity contribution < 1.29 is 9.78 Å². The molecule has 0 aromatic rings. The van der Waals surface area contributed by atoms with E-state index in [0.29, 0.717) is 12.4 Å². The molecule has 0 spiro atoms. The van der Waals surface area contributed by atoms with Crippen LogP contribution in [0.25, 0.3) is 0 Å². The highest BCUT2D eigenvalue weighted by molar-refractivity contribution is 5.92. The van der Waals surface area contributed by atoms with E-state index in [1.54, 1.807) is 6.08 Å². The Morgan fingerprint density at radius 2 is 2.23 bits per heavy atom. The zero-order valence-electron chi connectivity index (χ0n) is 6.93. The normalized spacial score (nSPS) is 16.3. The monoisotopic (exact) mass is 185 g/mol. The van der Waals surface area contributed by atoms with Gasteiger partial charge in [-0.15, -0.1) is 0 Å². The zero-order valence-corrected chi connectivity index (χ0v) is 6.93. The maximum Gasteiger partial charge on any atom is 0.218 e. The molecule has 0 amide bonds. The Hall–Kier alpha value is -1.76. The van der Waals surface area contributed by atoms with E-state index in [1.807, 2.05) is 0 Å². The minimum absolute atomic E-state index is 0.0106. The van der Waals surface area contributed by atoms with Crippen LogP contribution in [-0.4, -0.2) is 25.1 Å². The summed E-state index contributed by atoms with van der Waals surface area (Å²) in [5.41, 5.74) is 15.5. The van der Waals surface area contributed by atoms with Crippen LogP contribution in [0, 0.1) is 0 Å². The van der Waals surface area contributed by atoms with Crippen LogP contribution >= 0.6 is 0 Å². The molecule has 72 valence electrons. The topological polar surface area (TPSA) is 121 Å². The van der Waals surface area contributed by atoms with Crippen LogP contribution in [0.15, 0.2) is 21.8 Å². The van der Waals surface area contributed by atoms with Crippen molar-refractivity contribution in [3.05, 3.63) is 11.8 Å². The summed E-state index contributed by atoms with van der Waals surface area (Å²) in [5.74, 6) is 0.476. The molecule has 0 fully saturated rings. The van der Waals surface area contributed by atoms with Crippen LogP contribution in [-0.2, 0) is 9.78 Å². The second-order valence-electron chi connectivity index (χ2n) is 2.25. The van der Waals surface area contributed by atoms with Crippen LogP contribution < -0.4 is 17.2 Å². The van der Waals surface area contributed by atoms with Crippen molar-refractivity contribution in [3.63, 3.8) is 0 Å². The van der Waals surface area contributed by atoms with E-state index in [1.165, 1.54) is 0 Å². The minimum atomic E-state index is -0.126. The summed E-state index contributed by atoms with van der Waals surface area (Å²) in [6.45, 7) is 0.690. The third kappa shape index (κ3) is 3.43. The third-order valence-corrected chi connectivity index (χ3v) is 1.19. The van der Waals surface area contributed by atoms with Crippen molar-refractivity contribution in [1.82, 2.24) is 0 Å². The maximum absolute atomic E-state index is 5.33. The van der Waals surface area contributed by atoms with E-state index in [2.05, 4.69) is 14.9 Å². The summed E-state index contributed by atoms with van der Waals surface area (Å²) >= 11 is 0. The fourth-order valence-electron chi connectivity index (χ4n) is 0.688. The Labute approximate surface area is 74.8 Å². The Kier molecular flexibility index (Phi) is 3.09. The van der Waals surface area contributed by atoms with Crippen molar-refractivity contribution >= 4 is 11.9 Å². The highest BCUT2D eigenvalue weighted by Crippen LogP contribution is 2.05. The molecule has 0 saturated carbocycles. The van der Waals surface area contributed by atoms with Gasteiger partial charge >= 0.3 is 0 Å². The van der Waals surface area contributed by atoms with Crippen LogP contribution in [0.1, 0.15) is 0 Å². The zero-order chi connectivity index (χ0) is 9.68. The molecule has 1 heterocycles. The van der Waals surface area contributed by atoms with Gasteiger partial charge in [0.25, 0.3) is 0 Å². The summed E-state index contributed by atoms with van der Waals surface area (Å²) < 4.78 is 0. The molecular formula is C6H11N5O2. The molecule has 13 heavy (non-hydrogen) atoms. The minimum Gasteiger partial charge on any atom is -0.370 e. The van der Waals surface area contributed by atoms with Crippen LogP contribution in [0.2, 0.25) is 0 Å². The summed E-state index contributed by atoms with van der Waals surface area (Å²) in [4.78, 5) is 16.6. The van der Waals surface area contributed by atoms with Gasteiger partial charge < -0.3 is 22.1 Å². The van der Waals surface area contributed by atoms with E-state index in [4.69, 9.17) is 22.1 Å². The molecule has 1 rings (SSSR count). The largest absolute Gasteiger partial charge is 0.370 e. The fraction of sp³-hybridized carbons (Fsp3) is 0.333. The Morgan fingerprint density at radius 1 is 1.46 bits per heavy atom. The second kappa shape index (κ2) is 4.31. The smallest absolute Gasteiger partial charge is 0.218 e. The van der Waals surface area contributed by atoms with E-state index < -0.39 is 0 Å². The molecule has 0 radical (unpaired) electrons. The number of nitrogens with two attached hydrogens (primary N) is 3. The van der Waals surface area contributed by atoms with Gasteiger partial charge in [-0.05, 0) is 6.08 Å². The lowest BCUT2D eigenvalue weighted by molar-refractivity contribution is -0.233. The first-order valence-corrected chi connectivity index (χ1v) is 3.56. The number of nitrogens with zero attached hydrogens (tertiary/aromatic N) is 2. The maximum atomic E-state index is 5.33. The molecule has 0 unspecified atom stereocenters. The molecular weight excluding hydrogens is 174 g/mol. The summed E-state index contributed by atoms with van der Waals surface area (Å²) in [7, 11) is 0. The molecule has 0 aliphatic carbocycles. The first kappa shape index (κ1) is 9.33. The number of hydrogen-bond acceptors (Lipinski definition) is 3. The van der Waals surface area contributed by atoms with Crippen molar-refractivity contribution in [2.24, 2.45) is 27.2 Å². The molecule has 6 N–H and O–H groups in total. The van der Waals surface area contributed by atoms with Gasteiger partial charge in [0.2, 0.25) is 5.96 Å². The van der Waals surface area contributed by atoms with Gasteiger partial charge in [0, 0.05) is 0 Å². The van der Waals surface area contributed by atoms with Gasteiger partial charge in [-0.3, -0.25) is 0 Å². The lowest BCUT2D eigenvalue weighted by atomic mass is 10.5. The molecule has 0 bridgehead atoms. The van der Waals surface area contributed by atoms with Gasteiger partial charge in [-0.25, -0.2) is 4.99 Å². The summed E-state index contributed by atoms with van der Waals surface area (Å²) in [6.07, 6.45) is 1.74. The first-order valence-electron chi connectivity index (χ1n) is 3.56. The second-order valence-corrected chi connectivity index (χ2v) is 2.25. The molecule has 0 saturated heterocycles. The number of hydrogen-bond donors (Lipinski definition) is 3. The number of rotatable bonds is 2. The standard InChI is InChI=1S/C6H11N5O2/c7-5(8)11-6(9)10-3-4-1-2-12-13-4/h1H,2-3H2,(H6,7,8,9,10,11). The van der Waals surface area contributed by atoms with Gasteiger partial charge in [0.15, 0.2) is 11.7 Å². The molecule has 7 heteroatoms. The predicted octanol–water partition coefficient (Wildman–Crippen LogP) is -1.58. The SMILES string of the molecule is NC(N)=NC(N)=NCC1=CCOO1. The Balaban J connectivity index is 2.42. The van der Waals surface area contributed by atoms with Gasteiger partial charge in [0.1, 0.15) is 13.2 Å². The number of aliphatic imine (C=N–C) groups is 2. The van der Waals surface area contributed by atoms with E-state index in [9.17, 15) is 0 Å². The lowest BCUT2D eigenvalue weighted by Gasteiger charge is -1.96. The quantitative estimate of drug-likeness (QED) is 0.272. The summed E-state index contributed by atoms with van der Waals surface area (Å²) in [6, 6.07) is 0. The third-order valence-electron chi connectivity index (χ3n) is 1.19. The van der Waals surface area contributed by atoms with Crippen molar-refractivity contribution in [1.29, 1.82) is 0 Å². The van der Waals surface area contributed by atoms with E-state index in [0.717, 1.165) is 0 Å². The first-order chi connectivity index (χ1) is 6.18. The van der Waals surface area contributed by atoms with E-state index >= 15 is 0 Å². The molecule has 0 aromatic carbocycles. The van der Waals surface area contributed by atoms with E-state index in [-0.39, 0.29) is 18.5 Å². The lowest BCUT2D eigenvalue weighted by Crippen LogP contribution is -2.26. The molecule has 1 aliphatic rings. The van der Waals surface area contributed by atoms with Crippen LogP contribution in [0.5, 0.6) is 0 Å². The van der Waals surface area contributed by atoms with Crippen LogP contribution in [0.4, 0.5) is 0 Å². The van der Waals surface area contributed by atoms with Crippen molar-refractivity contribution in [2.45, 2.75) is 0 Å². The van der Waals surface area contributed by atoms with Crippen molar-refractivity contribution in [3.8, 4) is 0 Å². The average molecular weight is 185 g/mol. The molecule has 0 aromatic heterocycles. The fourth-order valence-corrected chi connectivity index (χ4v) is 0.688. The molecule has 1 aliphatic heterocycles. The molecule has 0 atom stereocenters. The highest BCUT2D eigenvalue weighted by atomic mass is 17.2. The number of guanidine groups is 2. The van der Waals surface area contributed by atoms with Gasteiger partial charge in [-0.2, -0.15) is 9.88 Å². The Bertz CT molecular complexity index is 266. The van der Waals surface area contributed by atoms with Gasteiger partial charge in [-0.1, -0.05) is 0 Å². The summed E-state index contributed by atoms with van der Waals surface area (Å²) in [5, 5.41) is 0. The Morgan fingerprint density at radius 3 is 2.77 bits per heavy atom.